The Labute approximate surface area is 124 Å². The summed E-state index contributed by atoms with van der Waals surface area (Å²) in [7, 11) is -3.76. The van der Waals surface area contributed by atoms with Crippen LogP contribution in [0, 0.1) is 0 Å². The molecule has 0 saturated carbocycles. The molecule has 0 aromatic carbocycles. The molecule has 0 aliphatic carbocycles. The molecule has 21 heavy (non-hydrogen) atoms. The Hall–Kier alpha value is -1.67. The average Bonchev–Trinajstić information content (AvgIpc) is 2.36. The van der Waals surface area contributed by atoms with Gasteiger partial charge in [-0.1, -0.05) is 0 Å². The van der Waals surface area contributed by atoms with Crippen LogP contribution in [0.1, 0.15) is 33.6 Å². The third-order valence-electron chi connectivity index (χ3n) is 2.69. The molecule has 7 nitrogen and oxygen atoms in total. The van der Waals surface area contributed by atoms with Crippen molar-refractivity contribution in [3.05, 3.63) is 18.3 Å². The highest BCUT2D eigenvalue weighted by Crippen LogP contribution is 2.18. The van der Waals surface area contributed by atoms with E-state index in [0.29, 0.717) is 12.5 Å². The van der Waals surface area contributed by atoms with E-state index >= 15 is 0 Å². The number of nitrogens with zero attached hydrogens (tertiary/aromatic N) is 1. The zero-order chi connectivity index (χ0) is 16.1. The SMILES string of the molecule is CCOc1ccc(S(=O)(=O)NC(C)(C)CCC(=O)O)cn1. The number of ether oxygens (including phenoxy) is 1. The van der Waals surface area contributed by atoms with Crippen molar-refractivity contribution in [2.24, 2.45) is 0 Å². The Morgan fingerprint density at radius 2 is 2.10 bits per heavy atom. The number of hydrogen-bond donors (Lipinski definition) is 2. The van der Waals surface area contributed by atoms with Crippen molar-refractivity contribution in [1.82, 2.24) is 9.71 Å². The summed E-state index contributed by atoms with van der Waals surface area (Å²) in [4.78, 5) is 14.5. The molecule has 0 unspecified atom stereocenters. The summed E-state index contributed by atoms with van der Waals surface area (Å²) in [5.41, 5.74) is -0.865. The van der Waals surface area contributed by atoms with Crippen LogP contribution in [0.2, 0.25) is 0 Å². The molecule has 1 heterocycles. The highest BCUT2D eigenvalue weighted by atomic mass is 32.2. The van der Waals surface area contributed by atoms with Crippen LogP contribution in [0.25, 0.3) is 0 Å². The average molecular weight is 316 g/mol. The molecule has 1 aromatic heterocycles. The molecule has 1 rings (SSSR count). The summed E-state index contributed by atoms with van der Waals surface area (Å²) in [5.74, 6) is -0.619. The molecule has 2 N–H and O–H groups in total. The molecular weight excluding hydrogens is 296 g/mol. The quantitative estimate of drug-likeness (QED) is 0.751. The van der Waals surface area contributed by atoms with Crippen molar-refractivity contribution in [2.45, 2.75) is 44.0 Å². The Bertz CT molecular complexity index is 581. The van der Waals surface area contributed by atoms with Gasteiger partial charge in [0.1, 0.15) is 4.90 Å². The first-order valence-corrected chi connectivity index (χ1v) is 7.99. The fraction of sp³-hybridized carbons (Fsp3) is 0.538. The second-order valence-corrected chi connectivity index (χ2v) is 6.83. The van der Waals surface area contributed by atoms with Crippen LogP contribution >= 0.6 is 0 Å². The van der Waals surface area contributed by atoms with E-state index in [2.05, 4.69) is 9.71 Å². The van der Waals surface area contributed by atoms with Gasteiger partial charge in [0, 0.05) is 18.0 Å². The highest BCUT2D eigenvalue weighted by molar-refractivity contribution is 7.89. The summed E-state index contributed by atoms with van der Waals surface area (Å²) in [6.45, 7) is 5.52. The third kappa shape index (κ3) is 5.68. The summed E-state index contributed by atoms with van der Waals surface area (Å²) >= 11 is 0. The summed E-state index contributed by atoms with van der Waals surface area (Å²) in [6.07, 6.45) is 1.28. The molecule has 0 atom stereocenters. The number of aromatic nitrogens is 1. The van der Waals surface area contributed by atoms with Crippen LogP contribution < -0.4 is 9.46 Å². The molecule has 0 amide bonds. The lowest BCUT2D eigenvalue weighted by atomic mass is 10.0. The first-order valence-electron chi connectivity index (χ1n) is 6.51. The van der Waals surface area contributed by atoms with Crippen molar-refractivity contribution in [1.29, 1.82) is 0 Å². The van der Waals surface area contributed by atoms with Crippen molar-refractivity contribution in [3.8, 4) is 5.88 Å². The van der Waals surface area contributed by atoms with Gasteiger partial charge in [-0.3, -0.25) is 4.79 Å². The number of sulfonamides is 1. The molecule has 0 fully saturated rings. The summed E-state index contributed by atoms with van der Waals surface area (Å²) in [5, 5.41) is 8.67. The van der Waals surface area contributed by atoms with Crippen molar-refractivity contribution in [3.63, 3.8) is 0 Å². The van der Waals surface area contributed by atoms with E-state index in [9.17, 15) is 13.2 Å². The van der Waals surface area contributed by atoms with Crippen LogP contribution in [0.5, 0.6) is 5.88 Å². The normalized spacial score (nSPS) is 12.1. The zero-order valence-electron chi connectivity index (χ0n) is 12.3. The molecule has 0 aliphatic rings. The van der Waals surface area contributed by atoms with E-state index < -0.39 is 21.5 Å². The lowest BCUT2D eigenvalue weighted by Crippen LogP contribution is -2.43. The minimum absolute atomic E-state index is 0.00866. The van der Waals surface area contributed by atoms with E-state index in [1.807, 2.05) is 0 Å². The fourth-order valence-electron chi connectivity index (χ4n) is 1.65. The number of aliphatic carboxylic acids is 1. The molecule has 0 bridgehead atoms. The lowest BCUT2D eigenvalue weighted by Gasteiger charge is -2.25. The van der Waals surface area contributed by atoms with E-state index in [1.165, 1.54) is 18.3 Å². The molecule has 0 spiro atoms. The number of carbonyl (C=O) groups is 1. The monoisotopic (exact) mass is 316 g/mol. The number of nitrogens with one attached hydrogen (secondary N) is 1. The first-order chi connectivity index (χ1) is 9.66. The largest absolute Gasteiger partial charge is 0.481 e. The van der Waals surface area contributed by atoms with Crippen molar-refractivity contribution >= 4 is 16.0 Å². The van der Waals surface area contributed by atoms with Crippen LogP contribution in [-0.2, 0) is 14.8 Å². The van der Waals surface area contributed by atoms with E-state index in [1.54, 1.807) is 20.8 Å². The number of carboxylic acids is 1. The summed E-state index contributed by atoms with van der Waals surface area (Å²) in [6, 6.07) is 2.87. The van der Waals surface area contributed by atoms with Gasteiger partial charge in [0.15, 0.2) is 0 Å². The minimum atomic E-state index is -3.76. The molecule has 0 saturated heterocycles. The third-order valence-corrected chi connectivity index (χ3v) is 4.37. The summed E-state index contributed by atoms with van der Waals surface area (Å²) < 4.78 is 32.1. The maximum Gasteiger partial charge on any atom is 0.303 e. The van der Waals surface area contributed by atoms with Crippen LogP contribution in [0.3, 0.4) is 0 Å². The van der Waals surface area contributed by atoms with Crippen LogP contribution in [0.4, 0.5) is 0 Å². The maximum absolute atomic E-state index is 12.2. The second-order valence-electron chi connectivity index (χ2n) is 5.15. The second kappa shape index (κ2) is 6.86. The van der Waals surface area contributed by atoms with Gasteiger partial charge < -0.3 is 9.84 Å². The predicted molar refractivity (Wildman–Crippen MR) is 76.7 cm³/mol. The van der Waals surface area contributed by atoms with Crippen molar-refractivity contribution in [2.75, 3.05) is 6.61 Å². The van der Waals surface area contributed by atoms with Gasteiger partial charge >= 0.3 is 5.97 Å². The van der Waals surface area contributed by atoms with Gasteiger partial charge in [-0.25, -0.2) is 18.1 Å². The Morgan fingerprint density at radius 1 is 1.43 bits per heavy atom. The Kier molecular flexibility index (Phi) is 5.68. The van der Waals surface area contributed by atoms with Crippen molar-refractivity contribution < 1.29 is 23.1 Å². The first kappa shape index (κ1) is 17.4. The Balaban J connectivity index is 2.82. The smallest absolute Gasteiger partial charge is 0.303 e. The molecule has 8 heteroatoms. The fourth-order valence-corrected chi connectivity index (χ4v) is 3.04. The molecular formula is C13H20N2O5S. The molecule has 0 aliphatic heterocycles. The Morgan fingerprint density at radius 3 is 2.57 bits per heavy atom. The minimum Gasteiger partial charge on any atom is -0.481 e. The van der Waals surface area contributed by atoms with E-state index in [4.69, 9.17) is 9.84 Å². The number of rotatable bonds is 8. The maximum atomic E-state index is 12.2. The van der Waals surface area contributed by atoms with Crippen LogP contribution in [-0.4, -0.2) is 36.6 Å². The molecule has 118 valence electrons. The zero-order valence-corrected chi connectivity index (χ0v) is 13.1. The van der Waals surface area contributed by atoms with Gasteiger partial charge in [0.2, 0.25) is 15.9 Å². The number of carboxylic acid groups (broad SMARTS) is 1. The predicted octanol–water partition coefficient (Wildman–Crippen LogP) is 1.40. The van der Waals surface area contributed by atoms with E-state index in [0.717, 1.165) is 0 Å². The van der Waals surface area contributed by atoms with Gasteiger partial charge in [0.25, 0.3) is 0 Å². The van der Waals surface area contributed by atoms with Crippen LogP contribution in [0.15, 0.2) is 23.2 Å². The van der Waals surface area contributed by atoms with Gasteiger partial charge in [-0.15, -0.1) is 0 Å². The number of hydrogen-bond acceptors (Lipinski definition) is 5. The topological polar surface area (TPSA) is 106 Å². The standard InChI is InChI=1S/C13H20N2O5S/c1-4-20-11-6-5-10(9-14-11)21(18,19)15-13(2,3)8-7-12(16)17/h5-6,9,15H,4,7-8H2,1-3H3,(H,16,17). The van der Waals surface area contributed by atoms with E-state index in [-0.39, 0.29) is 17.7 Å². The van der Waals surface area contributed by atoms with Gasteiger partial charge in [-0.2, -0.15) is 0 Å². The number of pyridine rings is 1. The van der Waals surface area contributed by atoms with Gasteiger partial charge in [0.05, 0.1) is 12.8 Å². The molecule has 0 radical (unpaired) electrons. The molecule has 1 aromatic rings. The van der Waals surface area contributed by atoms with Gasteiger partial charge in [-0.05, 0) is 33.3 Å². The highest BCUT2D eigenvalue weighted by Gasteiger charge is 2.27. The lowest BCUT2D eigenvalue weighted by molar-refractivity contribution is -0.137.